The Morgan fingerprint density at radius 3 is 2.65 bits per heavy atom. The average Bonchev–Trinajstić information content (AvgIpc) is 2.98. The predicted molar refractivity (Wildman–Crippen MR) is 98.8 cm³/mol. The normalized spacial score (nSPS) is 13.2. The summed E-state index contributed by atoms with van der Waals surface area (Å²) in [4.78, 5) is 15.4. The molecule has 7 heteroatoms. The lowest BCUT2D eigenvalue weighted by Gasteiger charge is -2.32. The molecule has 0 radical (unpaired) electrons. The smallest absolute Gasteiger partial charge is 0.183 e. The molecule has 0 amide bonds. The topological polar surface area (TPSA) is 66.5 Å². The van der Waals surface area contributed by atoms with Crippen LogP contribution in [0, 0.1) is 17.0 Å². The van der Waals surface area contributed by atoms with E-state index in [1.165, 1.54) is 6.07 Å². The molecule has 0 fully saturated rings. The van der Waals surface area contributed by atoms with Gasteiger partial charge in [-0.3, -0.25) is 0 Å². The van der Waals surface area contributed by atoms with E-state index in [9.17, 15) is 8.78 Å². The van der Waals surface area contributed by atoms with Crippen molar-refractivity contribution in [1.82, 2.24) is 19.9 Å². The second-order valence-corrected chi connectivity index (χ2v) is 7.49. The fourth-order valence-electron chi connectivity index (χ4n) is 2.94. The number of nitrogens with zero attached hydrogens (tertiary/aromatic N) is 3. The Hall–Kier alpha value is -2.57. The summed E-state index contributed by atoms with van der Waals surface area (Å²) in [7, 11) is 0. The van der Waals surface area contributed by atoms with Crippen LogP contribution in [-0.4, -0.2) is 26.0 Å². The summed E-state index contributed by atoms with van der Waals surface area (Å²) in [6.07, 6.45) is 5.80. The van der Waals surface area contributed by atoms with Crippen LogP contribution >= 0.6 is 0 Å². The molecule has 0 aliphatic rings. The van der Waals surface area contributed by atoms with E-state index >= 15 is 0 Å². The lowest BCUT2D eigenvalue weighted by Crippen LogP contribution is -2.34. The summed E-state index contributed by atoms with van der Waals surface area (Å²) in [5.74, 6) is -0.489. The molecule has 0 saturated heterocycles. The van der Waals surface area contributed by atoms with Crippen LogP contribution in [0.3, 0.4) is 0 Å². The molecule has 0 unspecified atom stereocenters. The van der Waals surface area contributed by atoms with E-state index in [4.69, 9.17) is 0 Å². The maximum Gasteiger partial charge on any atom is 0.183 e. The summed E-state index contributed by atoms with van der Waals surface area (Å²) in [5.41, 5.74) is 1.06. The number of halogens is 2. The molecule has 1 atom stereocenters. The highest BCUT2D eigenvalue weighted by molar-refractivity contribution is 5.91. The molecule has 0 spiro atoms. The number of rotatable bonds is 5. The van der Waals surface area contributed by atoms with E-state index in [0.29, 0.717) is 22.4 Å². The number of hydrogen-bond donors (Lipinski definition) is 2. The molecule has 5 nitrogen and oxygen atoms in total. The summed E-state index contributed by atoms with van der Waals surface area (Å²) in [6, 6.07) is 1.43. The lowest BCUT2D eigenvalue weighted by molar-refractivity contribution is 0.322. The first kappa shape index (κ1) is 18.2. The van der Waals surface area contributed by atoms with Gasteiger partial charge in [0.1, 0.15) is 11.5 Å². The van der Waals surface area contributed by atoms with Crippen molar-refractivity contribution in [3.8, 4) is 11.4 Å². The zero-order valence-corrected chi connectivity index (χ0v) is 15.4. The summed E-state index contributed by atoms with van der Waals surface area (Å²) >= 11 is 0. The largest absolute Gasteiger partial charge is 0.364 e. The van der Waals surface area contributed by atoms with Gasteiger partial charge in [-0.25, -0.2) is 23.7 Å². The number of aromatic amines is 1. The molecular weight excluding hydrogens is 336 g/mol. The number of hydrogen-bond acceptors (Lipinski definition) is 4. The van der Waals surface area contributed by atoms with E-state index in [1.807, 2.05) is 0 Å². The Bertz CT molecular complexity index is 914. The highest BCUT2D eigenvalue weighted by Crippen LogP contribution is 2.29. The van der Waals surface area contributed by atoms with Crippen LogP contribution in [0.4, 0.5) is 14.6 Å². The van der Waals surface area contributed by atoms with Crippen LogP contribution < -0.4 is 5.32 Å². The van der Waals surface area contributed by atoms with Crippen molar-refractivity contribution < 1.29 is 8.78 Å². The zero-order chi connectivity index (χ0) is 18.9. The van der Waals surface area contributed by atoms with Gasteiger partial charge in [-0.05, 0) is 17.9 Å². The van der Waals surface area contributed by atoms with Crippen LogP contribution in [0.25, 0.3) is 22.4 Å². The Labute approximate surface area is 151 Å². The molecule has 0 bridgehead atoms. The first-order valence-electron chi connectivity index (χ1n) is 8.71. The third-order valence-electron chi connectivity index (χ3n) is 4.42. The highest BCUT2D eigenvalue weighted by atomic mass is 19.1. The number of H-pyrrole nitrogens is 1. The fraction of sp³-hybridized carbons (Fsp3) is 0.421. The quantitative estimate of drug-likeness (QED) is 0.678. The average molecular weight is 359 g/mol. The van der Waals surface area contributed by atoms with Gasteiger partial charge in [0, 0.05) is 23.2 Å². The van der Waals surface area contributed by atoms with Gasteiger partial charge in [0.15, 0.2) is 17.5 Å². The minimum atomic E-state index is -0.511. The van der Waals surface area contributed by atoms with Gasteiger partial charge in [0.25, 0.3) is 0 Å². The maximum absolute atomic E-state index is 14.3. The number of nitrogens with one attached hydrogen (secondary N) is 2. The summed E-state index contributed by atoms with van der Waals surface area (Å²) in [5, 5.41) is 3.78. The van der Waals surface area contributed by atoms with Crippen LogP contribution in [0.2, 0.25) is 0 Å². The lowest BCUT2D eigenvalue weighted by atomic mass is 9.84. The van der Waals surface area contributed by atoms with Crippen molar-refractivity contribution in [3.05, 3.63) is 36.3 Å². The monoisotopic (exact) mass is 359 g/mol. The standard InChI is InChI=1S/C19H23F2N5/c1-5-6-15(19(2,3)4)25-18-14(21)10-24-17(26-18)13-9-23-16-12(13)7-11(20)8-22-16/h7-10,15H,5-6H2,1-4H3,(H,22,23)(H,24,25,26)/t15-/m1/s1. The molecule has 0 aliphatic carbocycles. The van der Waals surface area contributed by atoms with E-state index in [-0.39, 0.29) is 17.3 Å². The second kappa shape index (κ2) is 6.97. The molecule has 2 N–H and O–H groups in total. The molecule has 26 heavy (non-hydrogen) atoms. The first-order valence-corrected chi connectivity index (χ1v) is 8.71. The van der Waals surface area contributed by atoms with E-state index < -0.39 is 11.6 Å². The fourth-order valence-corrected chi connectivity index (χ4v) is 2.94. The Balaban J connectivity index is 2.00. The molecule has 0 saturated carbocycles. The number of anilines is 1. The van der Waals surface area contributed by atoms with E-state index in [1.54, 1.807) is 6.20 Å². The zero-order valence-electron chi connectivity index (χ0n) is 15.4. The maximum atomic E-state index is 14.3. The molecular formula is C19H23F2N5. The van der Waals surface area contributed by atoms with Crippen molar-refractivity contribution >= 4 is 16.9 Å². The molecule has 0 aliphatic heterocycles. The number of fused-ring (bicyclic) bond motifs is 1. The van der Waals surface area contributed by atoms with Crippen LogP contribution in [0.1, 0.15) is 40.5 Å². The molecule has 138 valence electrons. The highest BCUT2D eigenvalue weighted by Gasteiger charge is 2.25. The third kappa shape index (κ3) is 3.66. The van der Waals surface area contributed by atoms with Gasteiger partial charge in [-0.2, -0.15) is 0 Å². The van der Waals surface area contributed by atoms with Gasteiger partial charge < -0.3 is 10.3 Å². The Morgan fingerprint density at radius 1 is 1.19 bits per heavy atom. The SMILES string of the molecule is CCC[C@@H](Nc1nc(-c2c[nH]c3ncc(F)cc23)ncc1F)C(C)(C)C. The Morgan fingerprint density at radius 2 is 1.96 bits per heavy atom. The molecule has 3 heterocycles. The van der Waals surface area contributed by atoms with Gasteiger partial charge in [0.05, 0.1) is 12.4 Å². The minimum absolute atomic E-state index is 0.0542. The van der Waals surface area contributed by atoms with Crippen LogP contribution in [0.15, 0.2) is 24.7 Å². The van der Waals surface area contributed by atoms with E-state index in [2.05, 4.69) is 52.9 Å². The van der Waals surface area contributed by atoms with Crippen LogP contribution in [-0.2, 0) is 0 Å². The number of aromatic nitrogens is 4. The second-order valence-electron chi connectivity index (χ2n) is 7.49. The molecule has 3 aromatic rings. The van der Waals surface area contributed by atoms with Gasteiger partial charge in [-0.1, -0.05) is 34.1 Å². The molecule has 3 aromatic heterocycles. The van der Waals surface area contributed by atoms with Gasteiger partial charge >= 0.3 is 0 Å². The predicted octanol–water partition coefficient (Wildman–Crippen LogP) is 4.92. The van der Waals surface area contributed by atoms with Gasteiger partial charge in [-0.15, -0.1) is 0 Å². The summed E-state index contributed by atoms with van der Waals surface area (Å²) in [6.45, 7) is 8.41. The minimum Gasteiger partial charge on any atom is -0.364 e. The third-order valence-corrected chi connectivity index (χ3v) is 4.42. The molecule has 3 rings (SSSR count). The summed E-state index contributed by atoms with van der Waals surface area (Å²) < 4.78 is 27.9. The van der Waals surface area contributed by atoms with Crippen molar-refractivity contribution in [1.29, 1.82) is 0 Å². The number of pyridine rings is 1. The van der Waals surface area contributed by atoms with E-state index in [0.717, 1.165) is 25.2 Å². The first-order chi connectivity index (χ1) is 12.3. The molecule has 0 aromatic carbocycles. The Kier molecular flexibility index (Phi) is 4.89. The van der Waals surface area contributed by atoms with Crippen LogP contribution in [0.5, 0.6) is 0 Å². The van der Waals surface area contributed by atoms with Crippen molar-refractivity contribution in [2.24, 2.45) is 5.41 Å². The van der Waals surface area contributed by atoms with Crippen molar-refractivity contribution in [2.45, 2.75) is 46.6 Å². The van der Waals surface area contributed by atoms with Crippen molar-refractivity contribution in [2.75, 3.05) is 5.32 Å². The van der Waals surface area contributed by atoms with Gasteiger partial charge in [0.2, 0.25) is 0 Å². The van der Waals surface area contributed by atoms with Crippen molar-refractivity contribution in [3.63, 3.8) is 0 Å².